The summed E-state index contributed by atoms with van der Waals surface area (Å²) < 4.78 is 16.8. The third-order valence-corrected chi connectivity index (χ3v) is 3.79. The average molecular weight is 301 g/mol. The number of carbonyl (C=O) groups excluding carboxylic acids is 1. The van der Waals surface area contributed by atoms with E-state index in [-0.39, 0.29) is 19.0 Å². The predicted molar refractivity (Wildman–Crippen MR) is 76.7 cm³/mol. The molecule has 2 aliphatic heterocycles. The molecule has 0 saturated carbocycles. The van der Waals surface area contributed by atoms with E-state index in [4.69, 9.17) is 14.2 Å². The van der Waals surface area contributed by atoms with Gasteiger partial charge in [-0.25, -0.2) is 4.79 Å². The summed E-state index contributed by atoms with van der Waals surface area (Å²) in [6, 6.07) is 0. The molecule has 0 amide bonds. The molecule has 6 heteroatoms. The zero-order valence-electron chi connectivity index (χ0n) is 13.2. The first kappa shape index (κ1) is 16.7. The number of rotatable bonds is 4. The van der Waals surface area contributed by atoms with Gasteiger partial charge < -0.3 is 19.3 Å². The Balaban J connectivity index is 1.91. The number of ether oxygens (including phenoxy) is 3. The molecule has 122 valence electrons. The normalized spacial score (nSPS) is 33.9. The lowest BCUT2D eigenvalue weighted by atomic mass is 9.97. The lowest BCUT2D eigenvalue weighted by Crippen LogP contribution is -2.53. The fourth-order valence-corrected chi connectivity index (χ4v) is 2.69. The van der Waals surface area contributed by atoms with Gasteiger partial charge in [-0.15, -0.1) is 0 Å². The van der Waals surface area contributed by atoms with Crippen molar-refractivity contribution in [3.8, 4) is 0 Å². The highest BCUT2D eigenvalue weighted by molar-refractivity contribution is 5.82. The largest absolute Gasteiger partial charge is 0.459 e. The number of nitrogens with one attached hydrogen (secondary N) is 1. The van der Waals surface area contributed by atoms with E-state index in [1.54, 1.807) is 0 Å². The molecule has 2 aliphatic rings. The third kappa shape index (κ3) is 4.39. The van der Waals surface area contributed by atoms with Crippen LogP contribution >= 0.6 is 0 Å². The van der Waals surface area contributed by atoms with E-state index < -0.39 is 17.1 Å². The van der Waals surface area contributed by atoms with Gasteiger partial charge in [0, 0.05) is 19.6 Å². The molecule has 0 aromatic rings. The first-order valence-electron chi connectivity index (χ1n) is 7.71. The summed E-state index contributed by atoms with van der Waals surface area (Å²) in [6.07, 6.45) is 3.11. The second-order valence-electron chi connectivity index (χ2n) is 6.88. The molecule has 2 saturated heterocycles. The summed E-state index contributed by atoms with van der Waals surface area (Å²) in [7, 11) is 0. The molecule has 0 aromatic heterocycles. The van der Waals surface area contributed by atoms with Crippen LogP contribution in [-0.4, -0.2) is 54.4 Å². The van der Waals surface area contributed by atoms with E-state index in [0.717, 1.165) is 25.9 Å². The minimum absolute atomic E-state index is 0.146. The lowest BCUT2D eigenvalue weighted by molar-refractivity contribution is -0.187. The van der Waals surface area contributed by atoms with Gasteiger partial charge in [0.05, 0.1) is 12.7 Å². The molecule has 0 spiro atoms. The average Bonchev–Trinajstić information content (AvgIpc) is 2.83. The van der Waals surface area contributed by atoms with Crippen molar-refractivity contribution in [1.29, 1.82) is 0 Å². The lowest BCUT2D eigenvalue weighted by Gasteiger charge is -2.30. The molecule has 6 nitrogen and oxygen atoms in total. The van der Waals surface area contributed by atoms with Crippen LogP contribution in [0.15, 0.2) is 0 Å². The van der Waals surface area contributed by atoms with Gasteiger partial charge in [-0.05, 0) is 40.0 Å². The van der Waals surface area contributed by atoms with Crippen LogP contribution in [0, 0.1) is 0 Å². The first-order valence-corrected chi connectivity index (χ1v) is 7.71. The molecule has 3 atom stereocenters. The summed E-state index contributed by atoms with van der Waals surface area (Å²) in [5.74, 6) is -0.423. The summed E-state index contributed by atoms with van der Waals surface area (Å²) in [5.41, 5.74) is -1.64. The van der Waals surface area contributed by atoms with Crippen LogP contribution in [0.25, 0.3) is 0 Å². The number of esters is 1. The van der Waals surface area contributed by atoms with Gasteiger partial charge in [-0.3, -0.25) is 5.32 Å². The van der Waals surface area contributed by atoms with Gasteiger partial charge in [0.1, 0.15) is 11.1 Å². The number of hydrogen-bond donors (Lipinski definition) is 2. The maximum absolute atomic E-state index is 12.3. The van der Waals surface area contributed by atoms with Gasteiger partial charge in [-0.1, -0.05) is 0 Å². The SMILES string of the molecule is CC(C)(C)OC(=O)[C@@]1(CO)CC(OC2CCCCO2)CN1. The molecule has 0 radical (unpaired) electrons. The summed E-state index contributed by atoms with van der Waals surface area (Å²) >= 11 is 0. The van der Waals surface area contributed by atoms with Crippen molar-refractivity contribution in [2.45, 2.75) is 70.0 Å². The Bertz CT molecular complexity index is 362. The predicted octanol–water partition coefficient (Wildman–Crippen LogP) is 0.964. The summed E-state index contributed by atoms with van der Waals surface area (Å²) in [5, 5.41) is 12.7. The highest BCUT2D eigenvalue weighted by Gasteiger charge is 2.48. The fraction of sp³-hybridized carbons (Fsp3) is 0.933. The number of hydrogen-bond acceptors (Lipinski definition) is 6. The van der Waals surface area contributed by atoms with Gasteiger partial charge in [0.25, 0.3) is 0 Å². The third-order valence-electron chi connectivity index (χ3n) is 3.79. The number of aliphatic hydroxyl groups excluding tert-OH is 1. The van der Waals surface area contributed by atoms with Crippen LogP contribution in [0.1, 0.15) is 46.5 Å². The van der Waals surface area contributed by atoms with Crippen LogP contribution in [-0.2, 0) is 19.0 Å². The van der Waals surface area contributed by atoms with Crippen LogP contribution in [0.3, 0.4) is 0 Å². The zero-order valence-corrected chi connectivity index (χ0v) is 13.2. The van der Waals surface area contributed by atoms with Gasteiger partial charge in [0.2, 0.25) is 0 Å². The van der Waals surface area contributed by atoms with Crippen molar-refractivity contribution < 1.29 is 24.1 Å². The molecule has 21 heavy (non-hydrogen) atoms. The highest BCUT2D eigenvalue weighted by Crippen LogP contribution is 2.27. The Kier molecular flexibility index (Phi) is 5.24. The molecular weight excluding hydrogens is 274 g/mol. The number of aliphatic hydroxyl groups is 1. The van der Waals surface area contributed by atoms with E-state index in [0.29, 0.717) is 13.0 Å². The van der Waals surface area contributed by atoms with Crippen molar-refractivity contribution in [1.82, 2.24) is 5.32 Å². The Morgan fingerprint density at radius 3 is 2.76 bits per heavy atom. The molecule has 2 N–H and O–H groups in total. The second-order valence-corrected chi connectivity index (χ2v) is 6.88. The van der Waals surface area contributed by atoms with Crippen molar-refractivity contribution >= 4 is 5.97 Å². The van der Waals surface area contributed by atoms with Crippen molar-refractivity contribution in [3.63, 3.8) is 0 Å². The molecule has 0 aliphatic carbocycles. The topological polar surface area (TPSA) is 77.0 Å². The maximum Gasteiger partial charge on any atom is 0.329 e. The van der Waals surface area contributed by atoms with Gasteiger partial charge in [-0.2, -0.15) is 0 Å². The maximum atomic E-state index is 12.3. The first-order chi connectivity index (χ1) is 9.85. The van der Waals surface area contributed by atoms with E-state index in [9.17, 15) is 9.90 Å². The van der Waals surface area contributed by atoms with E-state index in [1.165, 1.54) is 0 Å². The standard InChI is InChI=1S/C15H27NO5/c1-14(2,3)21-13(18)15(10-17)8-11(9-16-15)20-12-6-4-5-7-19-12/h11-12,16-17H,4-10H2,1-3H3/t11?,12?,15-/m0/s1. The summed E-state index contributed by atoms with van der Waals surface area (Å²) in [6.45, 7) is 6.38. The van der Waals surface area contributed by atoms with Gasteiger partial charge >= 0.3 is 5.97 Å². The molecule has 0 aromatic carbocycles. The van der Waals surface area contributed by atoms with Crippen molar-refractivity contribution in [3.05, 3.63) is 0 Å². The van der Waals surface area contributed by atoms with Crippen molar-refractivity contribution in [2.75, 3.05) is 19.8 Å². The van der Waals surface area contributed by atoms with Crippen LogP contribution < -0.4 is 5.32 Å². The van der Waals surface area contributed by atoms with Crippen LogP contribution in [0.5, 0.6) is 0 Å². The van der Waals surface area contributed by atoms with E-state index in [2.05, 4.69) is 5.32 Å². The molecule has 2 rings (SSSR count). The monoisotopic (exact) mass is 301 g/mol. The van der Waals surface area contributed by atoms with Gasteiger partial charge in [0.15, 0.2) is 6.29 Å². The quantitative estimate of drug-likeness (QED) is 0.753. The molecule has 2 fully saturated rings. The smallest absolute Gasteiger partial charge is 0.329 e. The molecular formula is C15H27NO5. The minimum atomic E-state index is -1.06. The fourth-order valence-electron chi connectivity index (χ4n) is 2.69. The van der Waals surface area contributed by atoms with Crippen LogP contribution in [0.4, 0.5) is 0 Å². The molecule has 2 heterocycles. The highest BCUT2D eigenvalue weighted by atomic mass is 16.7. The second kappa shape index (κ2) is 6.60. The van der Waals surface area contributed by atoms with E-state index >= 15 is 0 Å². The van der Waals surface area contributed by atoms with Crippen LogP contribution in [0.2, 0.25) is 0 Å². The Labute approximate surface area is 126 Å². The summed E-state index contributed by atoms with van der Waals surface area (Å²) in [4.78, 5) is 12.3. The molecule has 2 unspecified atom stereocenters. The zero-order chi connectivity index (χ0) is 15.5. The Morgan fingerprint density at radius 2 is 2.19 bits per heavy atom. The van der Waals surface area contributed by atoms with Crippen molar-refractivity contribution in [2.24, 2.45) is 0 Å². The van der Waals surface area contributed by atoms with E-state index in [1.807, 2.05) is 20.8 Å². The Morgan fingerprint density at radius 1 is 1.43 bits per heavy atom. The minimum Gasteiger partial charge on any atom is -0.459 e. The molecule has 0 bridgehead atoms. The number of carbonyl (C=O) groups is 1. The Hall–Kier alpha value is -0.690.